The van der Waals surface area contributed by atoms with Gasteiger partial charge in [0.25, 0.3) is 0 Å². The molecule has 10 heavy (non-hydrogen) atoms. The predicted octanol–water partition coefficient (Wildman–Crippen LogP) is 1.32. The van der Waals surface area contributed by atoms with Gasteiger partial charge in [0.2, 0.25) is 5.91 Å². The summed E-state index contributed by atoms with van der Waals surface area (Å²) in [4.78, 5) is 10.8. The fourth-order valence-corrected chi connectivity index (χ4v) is 0.621. The average Bonchev–Trinajstić information content (AvgIpc) is 1.85. The second-order valence-electron chi connectivity index (χ2n) is 3.01. The van der Waals surface area contributed by atoms with Crippen LogP contribution in [0, 0.1) is 11.3 Å². The lowest BCUT2D eigenvalue weighted by Gasteiger charge is -2.25. The summed E-state index contributed by atoms with van der Waals surface area (Å²) in [6, 6.07) is 0. The van der Waals surface area contributed by atoms with Gasteiger partial charge in [0, 0.05) is 0 Å². The van der Waals surface area contributed by atoms with E-state index in [1.54, 1.807) is 13.0 Å². The van der Waals surface area contributed by atoms with E-state index in [0.29, 0.717) is 0 Å². The summed E-state index contributed by atoms with van der Waals surface area (Å²) in [6.07, 6.45) is 1.61. The van der Waals surface area contributed by atoms with E-state index in [2.05, 4.69) is 6.58 Å². The van der Waals surface area contributed by atoms with Crippen molar-refractivity contribution in [3.8, 4) is 0 Å². The van der Waals surface area contributed by atoms with Crippen molar-refractivity contribution < 1.29 is 4.79 Å². The second kappa shape index (κ2) is 2.86. The van der Waals surface area contributed by atoms with E-state index >= 15 is 0 Å². The minimum absolute atomic E-state index is 0.211. The van der Waals surface area contributed by atoms with Crippen LogP contribution in [0.1, 0.15) is 20.8 Å². The van der Waals surface area contributed by atoms with Gasteiger partial charge in [-0.15, -0.1) is 6.58 Å². The summed E-state index contributed by atoms with van der Waals surface area (Å²) in [7, 11) is 0. The summed E-state index contributed by atoms with van der Waals surface area (Å²) >= 11 is 0. The molecule has 1 unspecified atom stereocenters. The molecule has 0 heterocycles. The molecule has 1 atom stereocenters. The molecular formula is C8H15NO. The monoisotopic (exact) mass is 141 g/mol. The summed E-state index contributed by atoms with van der Waals surface area (Å²) in [6.45, 7) is 9.27. The van der Waals surface area contributed by atoms with E-state index in [1.807, 2.05) is 13.8 Å². The third-order valence-corrected chi connectivity index (χ3v) is 2.15. The van der Waals surface area contributed by atoms with Crippen LogP contribution < -0.4 is 5.73 Å². The van der Waals surface area contributed by atoms with Crippen LogP contribution in [0.4, 0.5) is 0 Å². The van der Waals surface area contributed by atoms with Crippen molar-refractivity contribution in [3.63, 3.8) is 0 Å². The maximum atomic E-state index is 10.8. The molecule has 0 aliphatic heterocycles. The van der Waals surface area contributed by atoms with Gasteiger partial charge < -0.3 is 5.73 Å². The Morgan fingerprint density at radius 1 is 1.70 bits per heavy atom. The quantitative estimate of drug-likeness (QED) is 0.592. The number of carbonyl (C=O) groups excluding carboxylic acids is 1. The molecule has 2 nitrogen and oxygen atoms in total. The minimum Gasteiger partial charge on any atom is -0.369 e. The standard InChI is InChI=1S/C8H15NO/c1-5-8(4,6(2)3)7(9)10/h5-6H,1H2,2-4H3,(H2,9,10). The maximum absolute atomic E-state index is 10.8. The average molecular weight is 141 g/mol. The highest BCUT2D eigenvalue weighted by Crippen LogP contribution is 2.27. The minimum atomic E-state index is -0.556. The number of amides is 1. The van der Waals surface area contributed by atoms with Crippen LogP contribution in [0.5, 0.6) is 0 Å². The molecular weight excluding hydrogens is 126 g/mol. The van der Waals surface area contributed by atoms with Crippen LogP contribution >= 0.6 is 0 Å². The zero-order chi connectivity index (χ0) is 8.36. The highest BCUT2D eigenvalue weighted by molar-refractivity contribution is 5.82. The van der Waals surface area contributed by atoms with Crippen LogP contribution in [-0.4, -0.2) is 5.91 Å². The normalized spacial score (nSPS) is 16.4. The van der Waals surface area contributed by atoms with Crippen molar-refractivity contribution in [1.82, 2.24) is 0 Å². The largest absolute Gasteiger partial charge is 0.369 e. The van der Waals surface area contributed by atoms with Crippen LogP contribution in [0.25, 0.3) is 0 Å². The van der Waals surface area contributed by atoms with Crippen LogP contribution in [0.3, 0.4) is 0 Å². The Balaban J connectivity index is 4.54. The summed E-state index contributed by atoms with van der Waals surface area (Å²) in [5.74, 6) is -0.0972. The number of hydrogen-bond acceptors (Lipinski definition) is 1. The van der Waals surface area contributed by atoms with E-state index in [-0.39, 0.29) is 11.8 Å². The van der Waals surface area contributed by atoms with Crippen molar-refractivity contribution in [3.05, 3.63) is 12.7 Å². The van der Waals surface area contributed by atoms with E-state index in [4.69, 9.17) is 5.73 Å². The number of nitrogens with two attached hydrogens (primary N) is 1. The van der Waals surface area contributed by atoms with Gasteiger partial charge in [0.05, 0.1) is 5.41 Å². The third-order valence-electron chi connectivity index (χ3n) is 2.15. The van der Waals surface area contributed by atoms with Gasteiger partial charge >= 0.3 is 0 Å². The highest BCUT2D eigenvalue weighted by Gasteiger charge is 2.30. The molecule has 0 aliphatic rings. The molecule has 0 aromatic heterocycles. The first-order valence-corrected chi connectivity index (χ1v) is 3.38. The van der Waals surface area contributed by atoms with Crippen LogP contribution in [0.15, 0.2) is 12.7 Å². The van der Waals surface area contributed by atoms with E-state index < -0.39 is 5.41 Å². The molecule has 0 saturated heterocycles. The molecule has 0 bridgehead atoms. The molecule has 2 N–H and O–H groups in total. The van der Waals surface area contributed by atoms with E-state index in [9.17, 15) is 4.79 Å². The Morgan fingerprint density at radius 3 is 2.10 bits per heavy atom. The number of primary amides is 1. The first-order chi connectivity index (χ1) is 4.45. The molecule has 0 fully saturated rings. The van der Waals surface area contributed by atoms with Gasteiger partial charge in [-0.1, -0.05) is 19.9 Å². The first-order valence-electron chi connectivity index (χ1n) is 3.38. The smallest absolute Gasteiger partial charge is 0.227 e. The zero-order valence-corrected chi connectivity index (χ0v) is 6.85. The molecule has 0 rings (SSSR count). The Bertz CT molecular complexity index is 151. The highest BCUT2D eigenvalue weighted by atomic mass is 16.1. The van der Waals surface area contributed by atoms with Crippen molar-refractivity contribution in [2.45, 2.75) is 20.8 Å². The van der Waals surface area contributed by atoms with Crippen molar-refractivity contribution in [2.75, 3.05) is 0 Å². The molecule has 2 heteroatoms. The van der Waals surface area contributed by atoms with Crippen LogP contribution in [0.2, 0.25) is 0 Å². The molecule has 0 aromatic carbocycles. The molecule has 0 aliphatic carbocycles. The zero-order valence-electron chi connectivity index (χ0n) is 6.85. The molecule has 58 valence electrons. The predicted molar refractivity (Wildman–Crippen MR) is 42.3 cm³/mol. The lowest BCUT2D eigenvalue weighted by atomic mass is 9.79. The van der Waals surface area contributed by atoms with Gasteiger partial charge in [-0.05, 0) is 12.8 Å². The van der Waals surface area contributed by atoms with Gasteiger partial charge in [-0.2, -0.15) is 0 Å². The Labute approximate surface area is 62.1 Å². The lowest BCUT2D eigenvalue weighted by Crippen LogP contribution is -2.36. The van der Waals surface area contributed by atoms with Crippen molar-refractivity contribution >= 4 is 5.91 Å². The third kappa shape index (κ3) is 1.38. The number of carbonyl (C=O) groups is 1. The van der Waals surface area contributed by atoms with Gasteiger partial charge in [0.1, 0.15) is 0 Å². The number of hydrogen-bond donors (Lipinski definition) is 1. The Hall–Kier alpha value is -0.790. The SMILES string of the molecule is C=CC(C)(C(N)=O)C(C)C. The van der Waals surface area contributed by atoms with Gasteiger partial charge in [0.15, 0.2) is 0 Å². The molecule has 0 radical (unpaired) electrons. The topological polar surface area (TPSA) is 43.1 Å². The lowest BCUT2D eigenvalue weighted by molar-refractivity contribution is -0.126. The Morgan fingerprint density at radius 2 is 2.10 bits per heavy atom. The van der Waals surface area contributed by atoms with Crippen molar-refractivity contribution in [1.29, 1.82) is 0 Å². The summed E-state index contributed by atoms with van der Waals surface area (Å²) in [5.41, 5.74) is 4.62. The number of rotatable bonds is 3. The summed E-state index contributed by atoms with van der Waals surface area (Å²) in [5, 5.41) is 0. The van der Waals surface area contributed by atoms with Crippen molar-refractivity contribution in [2.24, 2.45) is 17.1 Å². The van der Waals surface area contributed by atoms with Gasteiger partial charge in [-0.25, -0.2) is 0 Å². The molecule has 0 spiro atoms. The van der Waals surface area contributed by atoms with E-state index in [0.717, 1.165) is 0 Å². The second-order valence-corrected chi connectivity index (χ2v) is 3.01. The van der Waals surface area contributed by atoms with E-state index in [1.165, 1.54) is 0 Å². The molecule has 0 aromatic rings. The Kier molecular flexibility index (Phi) is 2.64. The fourth-order valence-electron chi connectivity index (χ4n) is 0.621. The molecule has 1 amide bonds. The fraction of sp³-hybridized carbons (Fsp3) is 0.625. The maximum Gasteiger partial charge on any atom is 0.227 e. The van der Waals surface area contributed by atoms with Gasteiger partial charge in [-0.3, -0.25) is 4.79 Å². The first kappa shape index (κ1) is 9.21. The van der Waals surface area contributed by atoms with Crippen LogP contribution in [-0.2, 0) is 4.79 Å². The summed E-state index contributed by atoms with van der Waals surface area (Å²) < 4.78 is 0. The molecule has 0 saturated carbocycles.